The largest absolute Gasteiger partial charge is 0.485 e. The maximum Gasteiger partial charge on any atom is 0.264 e. The van der Waals surface area contributed by atoms with Crippen molar-refractivity contribution in [2.75, 3.05) is 13.2 Å². The normalized spacial score (nSPS) is 21.7. The van der Waals surface area contributed by atoms with Crippen molar-refractivity contribution in [3.05, 3.63) is 59.7 Å². The van der Waals surface area contributed by atoms with Crippen molar-refractivity contribution < 1.29 is 19.0 Å². The van der Waals surface area contributed by atoms with E-state index in [-0.39, 0.29) is 18.6 Å². The quantitative estimate of drug-likeness (QED) is 0.939. The summed E-state index contributed by atoms with van der Waals surface area (Å²) in [7, 11) is 0. The smallest absolute Gasteiger partial charge is 0.264 e. The van der Waals surface area contributed by atoms with Crippen LogP contribution >= 0.6 is 0 Å². The number of rotatable bonds is 3. The second-order valence-electron chi connectivity index (χ2n) is 6.02. The van der Waals surface area contributed by atoms with Crippen LogP contribution in [0.1, 0.15) is 11.1 Å². The SMILES string of the molecule is O=C(NCC1Cc2ccccc2CO1)C1COc2ccccc2O1. The van der Waals surface area contributed by atoms with Crippen molar-refractivity contribution in [2.45, 2.75) is 25.2 Å². The molecule has 2 aliphatic rings. The molecular weight excluding hydrogens is 306 g/mol. The molecule has 2 aliphatic heterocycles. The number of ether oxygens (including phenoxy) is 3. The van der Waals surface area contributed by atoms with Crippen molar-refractivity contribution in [1.29, 1.82) is 0 Å². The van der Waals surface area contributed by atoms with Crippen LogP contribution in [-0.2, 0) is 22.6 Å². The first-order valence-electron chi connectivity index (χ1n) is 8.14. The van der Waals surface area contributed by atoms with E-state index >= 15 is 0 Å². The number of carbonyl (C=O) groups excluding carboxylic acids is 1. The van der Waals surface area contributed by atoms with Gasteiger partial charge in [0.25, 0.3) is 5.91 Å². The summed E-state index contributed by atoms with van der Waals surface area (Å²) in [6.45, 7) is 1.28. The number of fused-ring (bicyclic) bond motifs is 2. The molecule has 1 amide bonds. The van der Waals surface area contributed by atoms with Crippen LogP contribution in [0, 0.1) is 0 Å². The Morgan fingerprint density at radius 3 is 2.67 bits per heavy atom. The Morgan fingerprint density at radius 2 is 1.79 bits per heavy atom. The number of carbonyl (C=O) groups is 1. The molecule has 0 radical (unpaired) electrons. The Bertz CT molecular complexity index is 746. The van der Waals surface area contributed by atoms with E-state index in [4.69, 9.17) is 14.2 Å². The first kappa shape index (κ1) is 15.0. The first-order valence-corrected chi connectivity index (χ1v) is 8.14. The lowest BCUT2D eigenvalue weighted by atomic mass is 9.99. The van der Waals surface area contributed by atoms with E-state index in [2.05, 4.69) is 17.4 Å². The predicted molar refractivity (Wildman–Crippen MR) is 88.1 cm³/mol. The van der Waals surface area contributed by atoms with E-state index in [0.717, 1.165) is 6.42 Å². The monoisotopic (exact) mass is 325 g/mol. The molecule has 0 saturated carbocycles. The minimum Gasteiger partial charge on any atom is -0.485 e. The summed E-state index contributed by atoms with van der Waals surface area (Å²) in [5.41, 5.74) is 2.51. The summed E-state index contributed by atoms with van der Waals surface area (Å²) in [6.07, 6.45) is 0.165. The molecule has 4 rings (SSSR count). The molecule has 0 aliphatic carbocycles. The maximum atomic E-state index is 12.3. The lowest BCUT2D eigenvalue weighted by Crippen LogP contribution is -2.47. The van der Waals surface area contributed by atoms with E-state index in [1.165, 1.54) is 11.1 Å². The number of hydrogen-bond acceptors (Lipinski definition) is 4. The fourth-order valence-electron chi connectivity index (χ4n) is 3.02. The van der Waals surface area contributed by atoms with Crippen molar-refractivity contribution in [2.24, 2.45) is 0 Å². The minimum atomic E-state index is -0.629. The van der Waals surface area contributed by atoms with Crippen LogP contribution in [0.3, 0.4) is 0 Å². The second-order valence-corrected chi connectivity index (χ2v) is 6.02. The molecule has 2 heterocycles. The number of nitrogens with one attached hydrogen (secondary N) is 1. The van der Waals surface area contributed by atoms with E-state index in [9.17, 15) is 4.79 Å². The molecule has 0 saturated heterocycles. The van der Waals surface area contributed by atoms with Crippen LogP contribution in [0.4, 0.5) is 0 Å². The first-order chi connectivity index (χ1) is 11.8. The Kier molecular flexibility index (Phi) is 4.09. The molecule has 124 valence electrons. The summed E-state index contributed by atoms with van der Waals surface area (Å²) in [5, 5.41) is 2.91. The molecule has 0 spiro atoms. The number of amides is 1. The molecule has 0 fully saturated rings. The van der Waals surface area contributed by atoms with Crippen LogP contribution in [0.2, 0.25) is 0 Å². The minimum absolute atomic E-state index is 0.0133. The standard InChI is InChI=1S/C19H19NO4/c21-19(18-12-23-16-7-3-4-8-17(16)24-18)20-10-15-9-13-5-1-2-6-14(13)11-22-15/h1-8,15,18H,9-12H2,(H,20,21). The van der Waals surface area contributed by atoms with Crippen LogP contribution in [0.5, 0.6) is 11.5 Å². The van der Waals surface area contributed by atoms with Crippen LogP contribution in [0.25, 0.3) is 0 Å². The van der Waals surface area contributed by atoms with Gasteiger partial charge in [0.2, 0.25) is 6.10 Å². The zero-order valence-corrected chi connectivity index (χ0v) is 13.2. The molecular formula is C19H19NO4. The van der Waals surface area contributed by atoms with Gasteiger partial charge in [0.15, 0.2) is 11.5 Å². The van der Waals surface area contributed by atoms with Gasteiger partial charge in [0.1, 0.15) is 6.61 Å². The third-order valence-electron chi connectivity index (χ3n) is 4.35. The number of para-hydroxylation sites is 2. The molecule has 2 unspecified atom stereocenters. The number of hydrogen-bond donors (Lipinski definition) is 1. The van der Waals surface area contributed by atoms with Gasteiger partial charge in [-0.25, -0.2) is 0 Å². The van der Waals surface area contributed by atoms with E-state index in [1.54, 1.807) is 6.07 Å². The third kappa shape index (κ3) is 3.08. The average Bonchev–Trinajstić information content (AvgIpc) is 2.65. The van der Waals surface area contributed by atoms with Gasteiger partial charge >= 0.3 is 0 Å². The summed E-state index contributed by atoms with van der Waals surface area (Å²) >= 11 is 0. The Morgan fingerprint density at radius 1 is 1.04 bits per heavy atom. The van der Waals surface area contributed by atoms with Crippen molar-refractivity contribution in [3.8, 4) is 11.5 Å². The maximum absolute atomic E-state index is 12.3. The molecule has 5 heteroatoms. The Hall–Kier alpha value is -2.53. The van der Waals surface area contributed by atoms with Crippen LogP contribution in [0.15, 0.2) is 48.5 Å². The molecule has 2 aromatic carbocycles. The molecule has 5 nitrogen and oxygen atoms in total. The highest BCUT2D eigenvalue weighted by Crippen LogP contribution is 2.30. The van der Waals surface area contributed by atoms with Gasteiger partial charge in [-0.2, -0.15) is 0 Å². The van der Waals surface area contributed by atoms with Gasteiger partial charge in [0.05, 0.1) is 12.7 Å². The topological polar surface area (TPSA) is 56.8 Å². The lowest BCUT2D eigenvalue weighted by molar-refractivity contribution is -0.131. The highest BCUT2D eigenvalue weighted by molar-refractivity contribution is 5.81. The van der Waals surface area contributed by atoms with Gasteiger partial charge in [-0.05, 0) is 23.3 Å². The highest BCUT2D eigenvalue weighted by atomic mass is 16.6. The Balaban J connectivity index is 1.32. The van der Waals surface area contributed by atoms with E-state index < -0.39 is 6.10 Å². The second kappa shape index (κ2) is 6.53. The average molecular weight is 325 g/mol. The van der Waals surface area contributed by atoms with Crippen molar-refractivity contribution >= 4 is 5.91 Å². The van der Waals surface area contributed by atoms with Gasteiger partial charge in [-0.1, -0.05) is 36.4 Å². The van der Waals surface area contributed by atoms with Gasteiger partial charge in [-0.3, -0.25) is 4.79 Å². The van der Waals surface area contributed by atoms with E-state index in [1.807, 2.05) is 30.3 Å². The molecule has 2 atom stereocenters. The fourth-order valence-corrected chi connectivity index (χ4v) is 3.02. The van der Waals surface area contributed by atoms with Crippen LogP contribution < -0.4 is 14.8 Å². The predicted octanol–water partition coefficient (Wildman–Crippen LogP) is 2.08. The summed E-state index contributed by atoms with van der Waals surface area (Å²) in [4.78, 5) is 12.3. The van der Waals surface area contributed by atoms with Crippen molar-refractivity contribution in [3.63, 3.8) is 0 Å². The summed E-state index contributed by atoms with van der Waals surface area (Å²) in [5.74, 6) is 1.10. The third-order valence-corrected chi connectivity index (χ3v) is 4.35. The van der Waals surface area contributed by atoms with Crippen molar-refractivity contribution in [1.82, 2.24) is 5.32 Å². The lowest BCUT2D eigenvalue weighted by Gasteiger charge is -2.28. The van der Waals surface area contributed by atoms with E-state index in [0.29, 0.717) is 24.7 Å². The molecule has 0 bridgehead atoms. The van der Waals surface area contributed by atoms with Gasteiger partial charge < -0.3 is 19.5 Å². The molecule has 24 heavy (non-hydrogen) atoms. The highest BCUT2D eigenvalue weighted by Gasteiger charge is 2.28. The molecule has 1 N–H and O–H groups in total. The Labute approximate surface area is 140 Å². The number of benzene rings is 2. The zero-order chi connectivity index (χ0) is 16.4. The van der Waals surface area contributed by atoms with Gasteiger partial charge in [-0.15, -0.1) is 0 Å². The van der Waals surface area contributed by atoms with Gasteiger partial charge in [0, 0.05) is 13.0 Å². The van der Waals surface area contributed by atoms with Crippen LogP contribution in [-0.4, -0.2) is 31.3 Å². The zero-order valence-electron chi connectivity index (χ0n) is 13.2. The fraction of sp³-hybridized carbons (Fsp3) is 0.316. The summed E-state index contributed by atoms with van der Waals surface area (Å²) in [6, 6.07) is 15.6. The summed E-state index contributed by atoms with van der Waals surface area (Å²) < 4.78 is 17.1. The molecule has 2 aromatic rings. The molecule has 0 aromatic heterocycles.